The summed E-state index contributed by atoms with van der Waals surface area (Å²) in [6.45, 7) is 3.86. The number of nitrogens with two attached hydrogens (primary N) is 7. The lowest BCUT2D eigenvalue weighted by atomic mass is 9.99. The van der Waals surface area contributed by atoms with Crippen LogP contribution in [0, 0.1) is 5.92 Å². The molecule has 4 rings (SSSR count). The van der Waals surface area contributed by atoms with Crippen LogP contribution < -0.4 is 72.0 Å². The number of nitrogens with one attached hydrogen (secondary N) is 6. The highest BCUT2D eigenvalue weighted by Gasteiger charge is 2.40. The number of aromatic hydroxyl groups is 1. The van der Waals surface area contributed by atoms with Gasteiger partial charge in [-0.05, 0) is 86.1 Å². The van der Waals surface area contributed by atoms with Gasteiger partial charge >= 0.3 is 0 Å². The minimum Gasteiger partial charge on any atom is -0.508 e. The highest BCUT2D eigenvalue weighted by Crippen LogP contribution is 2.21. The van der Waals surface area contributed by atoms with Crippen molar-refractivity contribution in [3.63, 3.8) is 0 Å². The average molecular weight is 1110 g/mol. The fraction of sp³-hybridized carbons (Fsp3) is 0.463. The van der Waals surface area contributed by atoms with Crippen molar-refractivity contribution in [1.82, 2.24) is 36.8 Å². The van der Waals surface area contributed by atoms with Gasteiger partial charge in [0.05, 0.1) is 12.5 Å². The van der Waals surface area contributed by atoms with E-state index in [1.807, 2.05) is 13.8 Å². The molecule has 0 unspecified atom stereocenters. The molecule has 26 heteroatoms. The lowest BCUT2D eigenvalue weighted by Gasteiger charge is -2.31. The van der Waals surface area contributed by atoms with Gasteiger partial charge in [0.2, 0.25) is 53.2 Å². The van der Waals surface area contributed by atoms with Gasteiger partial charge in [0.25, 0.3) is 0 Å². The Hall–Kier alpha value is -8.81. The summed E-state index contributed by atoms with van der Waals surface area (Å²) in [5.41, 5.74) is 41.1. The minimum atomic E-state index is -1.49. The molecule has 1 aliphatic heterocycles. The highest BCUT2D eigenvalue weighted by atomic mass is 16.3. The van der Waals surface area contributed by atoms with Crippen LogP contribution in [0.25, 0.3) is 0 Å². The number of nitrogens with zero attached hydrogens (tertiary/aromatic N) is 3. The number of phenolic OH excluding ortho intramolecular Hbond substituents is 1. The van der Waals surface area contributed by atoms with E-state index in [0.717, 1.165) is 0 Å². The number of phenols is 1. The van der Waals surface area contributed by atoms with Crippen LogP contribution in [-0.4, -0.2) is 143 Å². The molecule has 21 N–H and O–H groups in total. The molecule has 1 fully saturated rings. The van der Waals surface area contributed by atoms with Crippen LogP contribution in [0.15, 0.2) is 94.9 Å². The predicted octanol–water partition coefficient (Wildman–Crippen LogP) is -2.84. The Bertz CT molecular complexity index is 2630. The molecule has 0 aromatic heterocycles. The van der Waals surface area contributed by atoms with Crippen molar-refractivity contribution in [3.05, 3.63) is 102 Å². The number of benzene rings is 3. The van der Waals surface area contributed by atoms with Gasteiger partial charge in [0, 0.05) is 32.5 Å². The number of hydrogen-bond donors (Lipinski definition) is 14. The normalized spacial score (nSPS) is 15.5. The Balaban J connectivity index is 1.61. The van der Waals surface area contributed by atoms with E-state index >= 15 is 0 Å². The van der Waals surface area contributed by atoms with Crippen LogP contribution in [0.5, 0.6) is 5.75 Å². The first kappa shape index (κ1) is 63.7. The number of guanidine groups is 2. The molecule has 1 saturated heterocycles. The van der Waals surface area contributed by atoms with Gasteiger partial charge in [-0.2, -0.15) is 0 Å². The van der Waals surface area contributed by atoms with Gasteiger partial charge in [-0.15, -0.1) is 0 Å². The van der Waals surface area contributed by atoms with Crippen molar-refractivity contribution < 1.29 is 48.3 Å². The summed E-state index contributed by atoms with van der Waals surface area (Å²) in [7, 11) is 0. The largest absolute Gasteiger partial charge is 0.508 e. The quantitative estimate of drug-likeness (QED) is 0.0170. The van der Waals surface area contributed by atoms with Crippen LogP contribution >= 0.6 is 0 Å². The number of likely N-dealkylation sites (tertiary alicyclic amines) is 1. The second-order valence-corrected chi connectivity index (χ2v) is 20.0. The molecule has 80 heavy (non-hydrogen) atoms. The minimum absolute atomic E-state index is 0.0317. The van der Waals surface area contributed by atoms with E-state index in [1.165, 1.54) is 17.0 Å². The first-order valence-corrected chi connectivity index (χ1v) is 26.4. The molecule has 1 heterocycles. The fourth-order valence-electron chi connectivity index (χ4n) is 8.90. The summed E-state index contributed by atoms with van der Waals surface area (Å²) in [6, 6.07) is 13.7. The van der Waals surface area contributed by atoms with Crippen LogP contribution in [0.2, 0.25) is 0 Å². The molecule has 0 radical (unpaired) electrons. The van der Waals surface area contributed by atoms with E-state index in [9.17, 15) is 48.3 Å². The van der Waals surface area contributed by atoms with E-state index in [2.05, 4.69) is 41.9 Å². The molecule has 0 spiro atoms. The molecule has 9 amide bonds. The molecule has 0 saturated carbocycles. The molecule has 3 aromatic carbocycles. The lowest BCUT2D eigenvalue weighted by Crippen LogP contribution is -2.60. The highest BCUT2D eigenvalue weighted by molar-refractivity contribution is 5.98. The van der Waals surface area contributed by atoms with Crippen molar-refractivity contribution in [2.45, 2.75) is 133 Å². The Labute approximate surface area is 464 Å². The molecule has 8 atom stereocenters. The average Bonchev–Trinajstić information content (AvgIpc) is 3.91. The molecule has 3 aromatic rings. The standard InChI is InChI=1S/C54H78N16O10/c1-31(2)26-40(68-50(78)41(28-32-12-5-3-6-13-32)67-46(74)36(55)27-34-19-21-35(71)22-20-34)48(76)69-42(29-33-14-7-4-8-15-33)49(77)65-38(17-10-24-63-54(60)61)52(80)70-25-11-18-43(70)51(79)64-37(16-9-23-62-53(58)59)47(75)66-39(45(57)73)30-44(56)72/h3-8,12-15,19-22,31,36-43,71H,9-11,16-18,23-30,55H2,1-2H3,(H2,56,72)(H2,57,73)(H,64,79)(H,65,77)(H,66,75)(H,67,74)(H,68,78)(H,69,76)(H4,58,59,62)(H4,60,61,63)/t36-,37-,38-,39-,40-,41-,42+,43-/m0/s1. The smallest absolute Gasteiger partial charge is 0.245 e. The zero-order chi connectivity index (χ0) is 58.9. The zero-order valence-corrected chi connectivity index (χ0v) is 45.2. The van der Waals surface area contributed by atoms with Crippen LogP contribution in [0.1, 0.15) is 81.9 Å². The van der Waals surface area contributed by atoms with Crippen molar-refractivity contribution in [1.29, 1.82) is 0 Å². The maximum absolute atomic E-state index is 14.8. The maximum atomic E-state index is 14.8. The maximum Gasteiger partial charge on any atom is 0.245 e. The van der Waals surface area contributed by atoms with E-state index in [0.29, 0.717) is 23.1 Å². The number of hydrogen-bond acceptors (Lipinski definition) is 13. The third kappa shape index (κ3) is 21.9. The number of carbonyl (C=O) groups excluding carboxylic acids is 9. The van der Waals surface area contributed by atoms with Crippen LogP contribution in [-0.2, 0) is 62.4 Å². The molecule has 0 bridgehead atoms. The topological polar surface area (TPSA) is 456 Å². The van der Waals surface area contributed by atoms with Gasteiger partial charge in [-0.3, -0.25) is 53.1 Å². The summed E-state index contributed by atoms with van der Waals surface area (Å²) >= 11 is 0. The Morgan fingerprint density at radius 2 is 1.01 bits per heavy atom. The first-order valence-electron chi connectivity index (χ1n) is 26.4. The second-order valence-electron chi connectivity index (χ2n) is 20.0. The van der Waals surface area contributed by atoms with E-state index < -0.39 is 108 Å². The van der Waals surface area contributed by atoms with Crippen LogP contribution in [0.3, 0.4) is 0 Å². The lowest BCUT2D eigenvalue weighted by molar-refractivity contribution is -0.142. The third-order valence-corrected chi connectivity index (χ3v) is 12.9. The van der Waals surface area contributed by atoms with Crippen molar-refractivity contribution >= 4 is 65.1 Å². The van der Waals surface area contributed by atoms with E-state index in [1.54, 1.807) is 72.8 Å². The summed E-state index contributed by atoms with van der Waals surface area (Å²) in [4.78, 5) is 133. The van der Waals surface area contributed by atoms with Gasteiger partial charge in [0.15, 0.2) is 11.9 Å². The molecule has 434 valence electrons. The third-order valence-electron chi connectivity index (χ3n) is 12.9. The second kappa shape index (κ2) is 32.2. The fourth-order valence-corrected chi connectivity index (χ4v) is 8.90. The van der Waals surface area contributed by atoms with E-state index in [4.69, 9.17) is 40.1 Å². The molecule has 1 aliphatic rings. The SMILES string of the molecule is CC(C)C[C@H](NC(=O)[C@H](Cc1ccccc1)NC(=O)[C@@H](N)Cc1ccc(O)cc1)C(=O)N[C@H](Cc1ccccc1)C(=O)N[C@@H](CCCN=C(N)N)C(=O)N1CCC[C@H]1C(=O)N[C@@H](CCCN=C(N)N)C(=O)N[C@@H](CC(N)=O)C(N)=O. The molecular formula is C54H78N16O10. The first-order chi connectivity index (χ1) is 38.0. The monoisotopic (exact) mass is 1110 g/mol. The molecule has 0 aliphatic carbocycles. The van der Waals surface area contributed by atoms with Crippen molar-refractivity contribution in [2.75, 3.05) is 19.6 Å². The molecular weight excluding hydrogens is 1030 g/mol. The molecule has 26 nitrogen and oxygen atoms in total. The number of rotatable bonds is 32. The Morgan fingerprint density at radius 1 is 0.562 bits per heavy atom. The summed E-state index contributed by atoms with van der Waals surface area (Å²) < 4.78 is 0. The summed E-state index contributed by atoms with van der Waals surface area (Å²) in [5, 5.41) is 25.9. The van der Waals surface area contributed by atoms with Crippen molar-refractivity contribution in [3.8, 4) is 5.75 Å². The van der Waals surface area contributed by atoms with Gasteiger partial charge in [-0.1, -0.05) is 86.6 Å². The number of primary amides is 2. The van der Waals surface area contributed by atoms with Gasteiger partial charge in [-0.25, -0.2) is 0 Å². The van der Waals surface area contributed by atoms with Crippen molar-refractivity contribution in [2.24, 2.45) is 56.0 Å². The summed E-state index contributed by atoms with van der Waals surface area (Å²) in [6.07, 6.45) is 0.290. The van der Waals surface area contributed by atoms with E-state index in [-0.39, 0.29) is 101 Å². The predicted molar refractivity (Wildman–Crippen MR) is 299 cm³/mol. The van der Waals surface area contributed by atoms with Gasteiger partial charge < -0.3 is 82.0 Å². The number of amides is 9. The number of aliphatic imine (C=N–C) groups is 2. The Kier molecular flexibility index (Phi) is 25.6. The number of carbonyl (C=O) groups is 9. The zero-order valence-electron chi connectivity index (χ0n) is 45.2. The van der Waals surface area contributed by atoms with Crippen LogP contribution in [0.4, 0.5) is 0 Å². The Morgan fingerprint density at radius 3 is 1.51 bits per heavy atom. The summed E-state index contributed by atoms with van der Waals surface area (Å²) in [5.74, 6) is -7.68. The van der Waals surface area contributed by atoms with Gasteiger partial charge in [0.1, 0.15) is 48.0 Å².